The van der Waals surface area contributed by atoms with Crippen molar-refractivity contribution in [3.05, 3.63) is 0 Å². The van der Waals surface area contributed by atoms with Crippen LogP contribution in [0, 0.1) is 0 Å². The highest BCUT2D eigenvalue weighted by molar-refractivity contribution is 5.75. The van der Waals surface area contributed by atoms with E-state index in [1.165, 1.54) is 96.4 Å². The molecule has 27 heavy (non-hydrogen) atoms. The lowest BCUT2D eigenvalue weighted by Crippen LogP contribution is -2.45. The van der Waals surface area contributed by atoms with Crippen LogP contribution >= 0.6 is 0 Å². The number of hydrogen-bond acceptors (Lipinski definition) is 1. The third-order valence-corrected chi connectivity index (χ3v) is 5.66. The second kappa shape index (κ2) is 18.8. The Bertz CT molecular complexity index is 328. The molecule has 0 unspecified atom stereocenters. The molecule has 3 nitrogen and oxygen atoms in total. The molecule has 0 aliphatic rings. The maximum atomic E-state index is 12.0. The van der Waals surface area contributed by atoms with Crippen LogP contribution in [-0.2, 0) is 4.79 Å². The van der Waals surface area contributed by atoms with Gasteiger partial charge in [0.2, 0.25) is 5.91 Å². The van der Waals surface area contributed by atoms with Gasteiger partial charge in [-0.15, -0.1) is 0 Å². The van der Waals surface area contributed by atoms with Crippen molar-refractivity contribution in [3.63, 3.8) is 0 Å². The van der Waals surface area contributed by atoms with Gasteiger partial charge in [-0.1, -0.05) is 90.9 Å². The van der Waals surface area contributed by atoms with E-state index in [1.807, 2.05) is 0 Å². The second-order valence-electron chi connectivity index (χ2n) is 9.08. The fraction of sp³-hybridized carbons (Fsp3) is 0.958. The number of carbonyl (C=O) groups is 1. The maximum absolute atomic E-state index is 12.0. The van der Waals surface area contributed by atoms with E-state index in [0.717, 1.165) is 24.0 Å². The van der Waals surface area contributed by atoms with E-state index in [0.29, 0.717) is 6.42 Å². The zero-order chi connectivity index (χ0) is 20.2. The lowest BCUT2D eigenvalue weighted by molar-refractivity contribution is -0.889. The van der Waals surface area contributed by atoms with E-state index in [2.05, 4.69) is 33.3 Å². The van der Waals surface area contributed by atoms with E-state index in [9.17, 15) is 4.79 Å². The largest absolute Gasteiger partial charge is 0.350 e. The molecule has 0 saturated carbocycles. The fourth-order valence-electron chi connectivity index (χ4n) is 3.61. The summed E-state index contributed by atoms with van der Waals surface area (Å²) in [5.41, 5.74) is 0. The van der Waals surface area contributed by atoms with Crippen LogP contribution in [-0.4, -0.2) is 44.1 Å². The van der Waals surface area contributed by atoms with E-state index in [1.54, 1.807) is 0 Å². The summed E-state index contributed by atoms with van der Waals surface area (Å²) in [6, 6.07) is 0. The van der Waals surface area contributed by atoms with Crippen molar-refractivity contribution in [1.29, 1.82) is 0 Å². The maximum Gasteiger partial charge on any atom is 0.220 e. The normalized spacial score (nSPS) is 11.7. The summed E-state index contributed by atoms with van der Waals surface area (Å²) in [6.07, 6.45) is 20.6. The number of hydrogen-bond donors (Lipinski definition) is 1. The van der Waals surface area contributed by atoms with Crippen LogP contribution < -0.4 is 5.32 Å². The summed E-state index contributed by atoms with van der Waals surface area (Å²) in [6.45, 7) is 7.61. The van der Waals surface area contributed by atoms with Gasteiger partial charge in [0, 0.05) is 6.42 Å². The van der Waals surface area contributed by atoms with Gasteiger partial charge in [-0.2, -0.15) is 0 Å². The average molecular weight is 384 g/mol. The van der Waals surface area contributed by atoms with Crippen molar-refractivity contribution >= 4 is 5.91 Å². The first-order valence-electron chi connectivity index (χ1n) is 12.1. The van der Waals surface area contributed by atoms with Gasteiger partial charge in [-0.3, -0.25) is 4.79 Å². The van der Waals surface area contributed by atoms with Gasteiger partial charge >= 0.3 is 0 Å². The summed E-state index contributed by atoms with van der Waals surface area (Å²) < 4.78 is 1.02. The van der Waals surface area contributed by atoms with Gasteiger partial charge in [-0.05, 0) is 19.3 Å². The number of nitrogens with zero attached hydrogens (tertiary/aromatic N) is 1. The minimum Gasteiger partial charge on any atom is -0.350 e. The standard InChI is InChI=1S/C24H50N2O/c1-5-7-9-11-13-14-15-16-18-20-24(27)25-21-23-26(3,4)22-19-17-12-10-8-6-2/h5-23H2,1-4H3/p+1. The van der Waals surface area contributed by atoms with Crippen LogP contribution in [0.3, 0.4) is 0 Å². The molecule has 0 fully saturated rings. The summed E-state index contributed by atoms with van der Waals surface area (Å²) in [4.78, 5) is 12.0. The number of nitrogens with one attached hydrogen (secondary N) is 1. The molecule has 0 saturated heterocycles. The van der Waals surface area contributed by atoms with Crippen molar-refractivity contribution in [2.24, 2.45) is 0 Å². The van der Waals surface area contributed by atoms with Crippen molar-refractivity contribution < 1.29 is 9.28 Å². The van der Waals surface area contributed by atoms with E-state index < -0.39 is 0 Å². The van der Waals surface area contributed by atoms with Crippen LogP contribution in [0.2, 0.25) is 0 Å². The molecule has 0 aliphatic carbocycles. The predicted molar refractivity (Wildman–Crippen MR) is 120 cm³/mol. The van der Waals surface area contributed by atoms with Crippen LogP contribution in [0.4, 0.5) is 0 Å². The van der Waals surface area contributed by atoms with Crippen molar-refractivity contribution in [3.8, 4) is 0 Å². The Morgan fingerprint density at radius 1 is 0.630 bits per heavy atom. The Morgan fingerprint density at radius 3 is 1.59 bits per heavy atom. The van der Waals surface area contributed by atoms with Gasteiger partial charge < -0.3 is 9.80 Å². The van der Waals surface area contributed by atoms with E-state index >= 15 is 0 Å². The van der Waals surface area contributed by atoms with Crippen molar-refractivity contribution in [2.75, 3.05) is 33.7 Å². The molecule has 0 atom stereocenters. The lowest BCUT2D eigenvalue weighted by atomic mass is 10.1. The SMILES string of the molecule is CCCCCCCCCCCC(=O)NCC[N+](C)(C)CCCCCCCC. The predicted octanol–water partition coefficient (Wildman–Crippen LogP) is 6.46. The molecule has 3 heteroatoms. The molecule has 0 radical (unpaired) electrons. The van der Waals surface area contributed by atoms with E-state index in [-0.39, 0.29) is 5.91 Å². The number of likely N-dealkylation sites (N-methyl/N-ethyl adjacent to an activating group) is 1. The van der Waals surface area contributed by atoms with Crippen molar-refractivity contribution in [1.82, 2.24) is 5.32 Å². The molecular formula is C24H51N2O+. The Kier molecular flexibility index (Phi) is 18.4. The molecule has 1 N–H and O–H groups in total. The number of rotatable bonds is 20. The smallest absolute Gasteiger partial charge is 0.220 e. The van der Waals surface area contributed by atoms with Crippen LogP contribution in [0.15, 0.2) is 0 Å². The molecule has 0 aromatic carbocycles. The Balaban J connectivity index is 3.47. The average Bonchev–Trinajstić information content (AvgIpc) is 2.63. The summed E-state index contributed by atoms with van der Waals surface area (Å²) in [7, 11) is 4.58. The minimum atomic E-state index is 0.248. The van der Waals surface area contributed by atoms with Gasteiger partial charge in [0.15, 0.2) is 0 Å². The first-order chi connectivity index (χ1) is 13.0. The summed E-state index contributed by atoms with van der Waals surface area (Å²) in [5.74, 6) is 0.248. The lowest BCUT2D eigenvalue weighted by Gasteiger charge is -2.30. The highest BCUT2D eigenvalue weighted by Crippen LogP contribution is 2.10. The summed E-state index contributed by atoms with van der Waals surface area (Å²) in [5, 5.41) is 3.13. The number of unbranched alkanes of at least 4 members (excludes halogenated alkanes) is 13. The molecule has 0 rings (SSSR count). The fourth-order valence-corrected chi connectivity index (χ4v) is 3.61. The number of amides is 1. The van der Waals surface area contributed by atoms with Gasteiger partial charge in [-0.25, -0.2) is 0 Å². The Labute approximate surface area is 171 Å². The molecule has 0 spiro atoms. The summed E-state index contributed by atoms with van der Waals surface area (Å²) >= 11 is 0. The third kappa shape index (κ3) is 20.0. The quantitative estimate of drug-likeness (QED) is 0.190. The molecule has 0 aliphatic heterocycles. The molecule has 0 aromatic heterocycles. The highest BCUT2D eigenvalue weighted by atomic mass is 16.1. The first kappa shape index (κ1) is 26.4. The Morgan fingerprint density at radius 2 is 1.07 bits per heavy atom. The Hall–Kier alpha value is -0.570. The van der Waals surface area contributed by atoms with E-state index in [4.69, 9.17) is 0 Å². The number of quaternary nitrogens is 1. The van der Waals surface area contributed by atoms with Crippen LogP contribution in [0.1, 0.15) is 117 Å². The second-order valence-corrected chi connectivity index (χ2v) is 9.08. The molecule has 1 amide bonds. The molecule has 0 heterocycles. The van der Waals surface area contributed by atoms with Gasteiger partial charge in [0.1, 0.15) is 0 Å². The third-order valence-electron chi connectivity index (χ3n) is 5.66. The number of carbonyl (C=O) groups excluding carboxylic acids is 1. The molecular weight excluding hydrogens is 332 g/mol. The van der Waals surface area contributed by atoms with Gasteiger partial charge in [0.05, 0.1) is 33.7 Å². The molecule has 0 bridgehead atoms. The zero-order valence-corrected chi connectivity index (χ0v) is 19.3. The monoisotopic (exact) mass is 383 g/mol. The van der Waals surface area contributed by atoms with Crippen molar-refractivity contribution in [2.45, 2.75) is 117 Å². The van der Waals surface area contributed by atoms with Gasteiger partial charge in [0.25, 0.3) is 0 Å². The minimum absolute atomic E-state index is 0.248. The highest BCUT2D eigenvalue weighted by Gasteiger charge is 2.14. The zero-order valence-electron chi connectivity index (χ0n) is 19.3. The topological polar surface area (TPSA) is 29.1 Å². The first-order valence-corrected chi connectivity index (χ1v) is 12.1. The van der Waals surface area contributed by atoms with Crippen LogP contribution in [0.25, 0.3) is 0 Å². The molecule has 162 valence electrons. The van der Waals surface area contributed by atoms with Crippen LogP contribution in [0.5, 0.6) is 0 Å². The molecule has 0 aromatic rings.